The molecular formula is C2H9AsClN. The Bertz CT molecular complexity index is 14.4. The molecule has 0 bridgehead atoms. The summed E-state index contributed by atoms with van der Waals surface area (Å²) in [4.78, 5) is 0. The average Bonchev–Trinajstić information content (AvgIpc) is 0.811. The van der Waals surface area contributed by atoms with Crippen molar-refractivity contribution in [2.45, 2.75) is 11.4 Å². The van der Waals surface area contributed by atoms with Gasteiger partial charge in [0.25, 0.3) is 0 Å². The summed E-state index contributed by atoms with van der Waals surface area (Å²) in [7, 11) is 0. The van der Waals surface area contributed by atoms with E-state index in [-0.39, 0.29) is 12.4 Å². The molecule has 5 heavy (non-hydrogen) atoms. The molecular weight excluding hydrogens is 148 g/mol. The molecule has 0 amide bonds. The second kappa shape index (κ2) is 4.81. The van der Waals surface area contributed by atoms with Crippen LogP contribution in [0.25, 0.3) is 0 Å². The van der Waals surface area contributed by atoms with E-state index in [1.807, 2.05) is 0 Å². The molecule has 0 aliphatic rings. The molecule has 0 aromatic carbocycles. The number of nitrogens with two attached hydrogens (primary N) is 1. The van der Waals surface area contributed by atoms with Gasteiger partial charge in [0.05, 0.1) is 0 Å². The van der Waals surface area contributed by atoms with E-state index < -0.39 is 14.9 Å². The number of hydrogen-bond acceptors (Lipinski definition) is 1. The van der Waals surface area contributed by atoms with Crippen LogP contribution < -0.4 is 4.65 Å². The van der Waals surface area contributed by atoms with Crippen molar-refractivity contribution < 1.29 is 0 Å². The molecule has 0 aliphatic carbocycles. The molecule has 0 spiro atoms. The molecule has 0 atom stereocenters. The third-order valence-electron chi connectivity index (χ3n) is 0. The second-order valence-corrected chi connectivity index (χ2v) is 5.01. The molecule has 3 heteroatoms. The van der Waals surface area contributed by atoms with Crippen molar-refractivity contribution in [3.8, 4) is 0 Å². The standard InChI is InChI=1S/C2H8AsN.ClH/c1-3(2)4;/h4H2,1-2H3;1H. The zero-order valence-electron chi connectivity index (χ0n) is 3.43. The summed E-state index contributed by atoms with van der Waals surface area (Å²) in [6.45, 7) is 0. The molecule has 0 aliphatic heterocycles. The van der Waals surface area contributed by atoms with E-state index in [0.29, 0.717) is 0 Å². The van der Waals surface area contributed by atoms with Crippen LogP contribution in [0.1, 0.15) is 0 Å². The minimum atomic E-state index is -0.688. The van der Waals surface area contributed by atoms with E-state index in [9.17, 15) is 0 Å². The first-order valence-electron chi connectivity index (χ1n) is 1.15. The van der Waals surface area contributed by atoms with Crippen LogP contribution in [0.3, 0.4) is 0 Å². The Labute approximate surface area is 43.8 Å². The average molecular weight is 157 g/mol. The summed E-state index contributed by atoms with van der Waals surface area (Å²) >= 11 is -0.688. The monoisotopic (exact) mass is 157 g/mol. The zero-order chi connectivity index (χ0) is 3.58. The zero-order valence-corrected chi connectivity index (χ0v) is 6.13. The fourth-order valence-electron chi connectivity index (χ4n) is 0. The van der Waals surface area contributed by atoms with Crippen LogP contribution in [0.5, 0.6) is 0 Å². The van der Waals surface area contributed by atoms with Crippen LogP contribution in [0.4, 0.5) is 0 Å². The van der Waals surface area contributed by atoms with Gasteiger partial charge in [-0.15, -0.1) is 12.4 Å². The van der Waals surface area contributed by atoms with E-state index >= 15 is 0 Å². The molecule has 0 aromatic rings. The van der Waals surface area contributed by atoms with Crippen molar-refractivity contribution in [3.63, 3.8) is 0 Å². The molecule has 0 saturated carbocycles. The van der Waals surface area contributed by atoms with Crippen LogP contribution >= 0.6 is 12.4 Å². The van der Waals surface area contributed by atoms with Gasteiger partial charge in [0.2, 0.25) is 0 Å². The van der Waals surface area contributed by atoms with Crippen LogP contribution in [-0.4, -0.2) is 14.9 Å². The number of rotatable bonds is 0. The molecule has 0 radical (unpaired) electrons. The SMILES string of the molecule is C[As](C)N.Cl. The summed E-state index contributed by atoms with van der Waals surface area (Å²) in [5.41, 5.74) is 4.18. The molecule has 34 valence electrons. The van der Waals surface area contributed by atoms with Gasteiger partial charge in [0.1, 0.15) is 0 Å². The molecule has 0 saturated heterocycles. The third kappa shape index (κ3) is 58.0. The van der Waals surface area contributed by atoms with Crippen molar-refractivity contribution >= 4 is 27.3 Å². The van der Waals surface area contributed by atoms with E-state index in [1.54, 1.807) is 0 Å². The van der Waals surface area contributed by atoms with Gasteiger partial charge < -0.3 is 0 Å². The number of hydrogen-bond donors (Lipinski definition) is 1. The maximum absolute atomic E-state index is 5.26. The Morgan fingerprint density at radius 1 is 1.40 bits per heavy atom. The first-order chi connectivity index (χ1) is 1.73. The van der Waals surface area contributed by atoms with Crippen molar-refractivity contribution in [1.82, 2.24) is 0 Å². The van der Waals surface area contributed by atoms with Gasteiger partial charge in [0.15, 0.2) is 0 Å². The van der Waals surface area contributed by atoms with Crippen molar-refractivity contribution in [2.75, 3.05) is 0 Å². The van der Waals surface area contributed by atoms with Gasteiger partial charge in [-0.25, -0.2) is 0 Å². The van der Waals surface area contributed by atoms with Gasteiger partial charge in [-0.2, -0.15) is 0 Å². The summed E-state index contributed by atoms with van der Waals surface area (Å²) in [6, 6.07) is 0. The fourth-order valence-corrected chi connectivity index (χ4v) is 0. The third-order valence-corrected chi connectivity index (χ3v) is 0. The molecule has 2 N–H and O–H groups in total. The van der Waals surface area contributed by atoms with Crippen LogP contribution in [-0.2, 0) is 0 Å². The Hall–Kier alpha value is 0.808. The molecule has 0 unspecified atom stereocenters. The Kier molecular flexibility index (Phi) is 8.90. The largest absolute Gasteiger partial charge is 0.147 e. The second-order valence-electron chi connectivity index (χ2n) is 0.964. The first kappa shape index (κ1) is 9.26. The van der Waals surface area contributed by atoms with E-state index in [0.717, 1.165) is 0 Å². The van der Waals surface area contributed by atoms with E-state index in [1.165, 1.54) is 0 Å². The number of halogens is 1. The Balaban J connectivity index is 0. The van der Waals surface area contributed by atoms with Gasteiger partial charge in [-0.05, 0) is 0 Å². The van der Waals surface area contributed by atoms with Crippen molar-refractivity contribution in [3.05, 3.63) is 0 Å². The van der Waals surface area contributed by atoms with Crippen LogP contribution in [0, 0.1) is 0 Å². The summed E-state index contributed by atoms with van der Waals surface area (Å²) in [5, 5.41) is 0. The Morgan fingerprint density at radius 3 is 1.40 bits per heavy atom. The van der Waals surface area contributed by atoms with Gasteiger partial charge >= 0.3 is 31.0 Å². The van der Waals surface area contributed by atoms with E-state index in [2.05, 4.69) is 11.4 Å². The van der Waals surface area contributed by atoms with Gasteiger partial charge in [-0.3, -0.25) is 0 Å². The maximum atomic E-state index is 5.26. The quantitative estimate of drug-likeness (QED) is 0.513. The normalized spacial score (nSPS) is 7.20. The molecule has 0 rings (SSSR count). The minimum absolute atomic E-state index is 0. The molecule has 0 fully saturated rings. The smallest absolute Gasteiger partial charge is 0.147 e. The van der Waals surface area contributed by atoms with Crippen molar-refractivity contribution in [2.24, 2.45) is 4.65 Å². The predicted octanol–water partition coefficient (Wildman–Crippen LogP) is 0.618. The topological polar surface area (TPSA) is 26.0 Å². The fraction of sp³-hybridized carbons (Fsp3) is 1.00. The molecule has 0 aromatic heterocycles. The molecule has 1 nitrogen and oxygen atoms in total. The van der Waals surface area contributed by atoms with Gasteiger partial charge in [0, 0.05) is 0 Å². The van der Waals surface area contributed by atoms with Gasteiger partial charge in [-0.1, -0.05) is 0 Å². The summed E-state index contributed by atoms with van der Waals surface area (Å²) in [6.07, 6.45) is 0. The minimum Gasteiger partial charge on any atom is -0.147 e. The summed E-state index contributed by atoms with van der Waals surface area (Å²) < 4.78 is 5.26. The Morgan fingerprint density at radius 2 is 1.40 bits per heavy atom. The maximum Gasteiger partial charge on any atom is -0.147 e. The predicted molar refractivity (Wildman–Crippen MR) is 28.9 cm³/mol. The van der Waals surface area contributed by atoms with Crippen LogP contribution in [0.2, 0.25) is 11.4 Å². The van der Waals surface area contributed by atoms with Crippen molar-refractivity contribution in [1.29, 1.82) is 0 Å². The molecule has 0 heterocycles. The van der Waals surface area contributed by atoms with E-state index in [4.69, 9.17) is 4.65 Å². The first-order valence-corrected chi connectivity index (χ1v) is 5.99. The van der Waals surface area contributed by atoms with Crippen LogP contribution in [0.15, 0.2) is 0 Å². The summed E-state index contributed by atoms with van der Waals surface area (Å²) in [5.74, 6) is 0.